The molecule has 0 heterocycles. The van der Waals surface area contributed by atoms with Crippen LogP contribution in [-0.4, -0.2) is 7.05 Å². The molecular formula is C13H19N. The normalized spacial score (nSPS) is 12.5. The van der Waals surface area contributed by atoms with Crippen LogP contribution in [0.5, 0.6) is 0 Å². The molecule has 1 heteroatoms. The molecule has 76 valence electrons. The Morgan fingerprint density at radius 2 is 2.07 bits per heavy atom. The summed E-state index contributed by atoms with van der Waals surface area (Å²) in [5, 5.41) is 3.29. The summed E-state index contributed by atoms with van der Waals surface area (Å²) in [7, 11) is 1.98. The van der Waals surface area contributed by atoms with Gasteiger partial charge in [-0.2, -0.15) is 0 Å². The zero-order chi connectivity index (χ0) is 10.6. The smallest absolute Gasteiger partial charge is 0.0531 e. The van der Waals surface area contributed by atoms with Gasteiger partial charge in [0.15, 0.2) is 0 Å². The Morgan fingerprint density at radius 1 is 1.43 bits per heavy atom. The largest absolute Gasteiger partial charge is 0.310 e. The molecular weight excluding hydrogens is 170 g/mol. The maximum atomic E-state index is 4.02. The van der Waals surface area contributed by atoms with Gasteiger partial charge in [0.25, 0.3) is 0 Å². The van der Waals surface area contributed by atoms with Crippen molar-refractivity contribution in [3.8, 4) is 0 Å². The van der Waals surface area contributed by atoms with Crippen LogP contribution in [0.1, 0.15) is 31.0 Å². The van der Waals surface area contributed by atoms with Crippen molar-refractivity contribution in [2.45, 2.75) is 26.3 Å². The van der Waals surface area contributed by atoms with Gasteiger partial charge in [-0.05, 0) is 31.5 Å². The Balaban J connectivity index is 3.08. The van der Waals surface area contributed by atoms with E-state index in [0.717, 1.165) is 12.0 Å². The Hall–Kier alpha value is -1.08. The van der Waals surface area contributed by atoms with E-state index >= 15 is 0 Å². The monoisotopic (exact) mass is 189 g/mol. The molecule has 1 nitrogen and oxygen atoms in total. The van der Waals surface area contributed by atoms with Crippen molar-refractivity contribution in [2.75, 3.05) is 7.05 Å². The summed E-state index contributed by atoms with van der Waals surface area (Å²) in [6.45, 7) is 8.26. The Labute approximate surface area is 86.8 Å². The van der Waals surface area contributed by atoms with Crippen molar-refractivity contribution < 1.29 is 0 Å². The van der Waals surface area contributed by atoms with Gasteiger partial charge in [0.05, 0.1) is 6.04 Å². The lowest BCUT2D eigenvalue weighted by atomic mass is 9.95. The van der Waals surface area contributed by atoms with Gasteiger partial charge in [-0.25, -0.2) is 0 Å². The summed E-state index contributed by atoms with van der Waals surface area (Å²) >= 11 is 0. The van der Waals surface area contributed by atoms with Crippen molar-refractivity contribution in [1.82, 2.24) is 5.32 Å². The minimum Gasteiger partial charge on any atom is -0.310 e. The van der Waals surface area contributed by atoms with Crippen LogP contribution in [0.15, 0.2) is 36.4 Å². The van der Waals surface area contributed by atoms with Gasteiger partial charge in [0, 0.05) is 0 Å². The highest BCUT2D eigenvalue weighted by Gasteiger charge is 2.12. The fraction of sp³-hybridized carbons (Fsp3) is 0.385. The molecule has 1 rings (SSSR count). The molecule has 1 atom stereocenters. The number of nitrogens with one attached hydrogen (secondary N) is 1. The van der Waals surface area contributed by atoms with E-state index in [1.54, 1.807) is 0 Å². The lowest BCUT2D eigenvalue weighted by Crippen LogP contribution is -2.18. The molecule has 0 saturated heterocycles. The quantitative estimate of drug-likeness (QED) is 0.718. The number of likely N-dealkylation sites (N-methyl/N-ethyl adjacent to an activating group) is 1. The van der Waals surface area contributed by atoms with E-state index in [1.165, 1.54) is 11.1 Å². The number of hydrogen-bond acceptors (Lipinski definition) is 1. The summed E-state index contributed by atoms with van der Waals surface area (Å²) in [4.78, 5) is 0. The van der Waals surface area contributed by atoms with E-state index in [2.05, 4.69) is 50.0 Å². The topological polar surface area (TPSA) is 12.0 Å². The molecule has 0 aliphatic carbocycles. The predicted octanol–water partition coefficient (Wildman–Crippen LogP) is 3.09. The summed E-state index contributed by atoms with van der Waals surface area (Å²) in [5.74, 6) is 0. The van der Waals surface area contributed by atoms with Crippen LogP contribution in [-0.2, 0) is 6.42 Å². The second-order valence-electron chi connectivity index (χ2n) is 3.62. The average Bonchev–Trinajstić information content (AvgIpc) is 2.19. The highest BCUT2D eigenvalue weighted by atomic mass is 14.9. The van der Waals surface area contributed by atoms with Crippen LogP contribution < -0.4 is 5.32 Å². The van der Waals surface area contributed by atoms with Crippen molar-refractivity contribution in [2.24, 2.45) is 0 Å². The Bertz CT molecular complexity index is 315. The third kappa shape index (κ3) is 2.24. The van der Waals surface area contributed by atoms with Crippen LogP contribution in [0.2, 0.25) is 0 Å². The first-order valence-corrected chi connectivity index (χ1v) is 5.11. The molecule has 0 saturated carbocycles. The average molecular weight is 189 g/mol. The molecule has 0 aliphatic heterocycles. The van der Waals surface area contributed by atoms with Gasteiger partial charge < -0.3 is 5.32 Å². The zero-order valence-electron chi connectivity index (χ0n) is 9.30. The number of hydrogen-bond donors (Lipinski definition) is 1. The molecule has 0 amide bonds. The highest BCUT2D eigenvalue weighted by molar-refractivity contribution is 5.34. The molecule has 0 bridgehead atoms. The molecule has 0 spiro atoms. The van der Waals surface area contributed by atoms with Gasteiger partial charge in [-0.1, -0.05) is 43.3 Å². The molecule has 1 N–H and O–H groups in total. The van der Waals surface area contributed by atoms with Crippen LogP contribution in [0.3, 0.4) is 0 Å². The van der Waals surface area contributed by atoms with Gasteiger partial charge in [0.1, 0.15) is 0 Å². The third-order valence-corrected chi connectivity index (χ3v) is 2.53. The molecule has 14 heavy (non-hydrogen) atoms. The van der Waals surface area contributed by atoms with Gasteiger partial charge >= 0.3 is 0 Å². The molecule has 1 aromatic rings. The van der Waals surface area contributed by atoms with E-state index in [1.807, 2.05) is 7.05 Å². The van der Waals surface area contributed by atoms with Crippen molar-refractivity contribution in [3.63, 3.8) is 0 Å². The van der Waals surface area contributed by atoms with Crippen LogP contribution >= 0.6 is 0 Å². The minimum atomic E-state index is 0.283. The summed E-state index contributed by atoms with van der Waals surface area (Å²) in [5.41, 5.74) is 3.91. The molecule has 0 aliphatic rings. The Morgan fingerprint density at radius 3 is 2.57 bits per heavy atom. The van der Waals surface area contributed by atoms with Crippen molar-refractivity contribution in [3.05, 3.63) is 47.5 Å². The first-order chi connectivity index (χ1) is 6.70. The van der Waals surface area contributed by atoms with Gasteiger partial charge in [-0.3, -0.25) is 0 Å². The SMILES string of the molecule is C=C(C)C(NC)c1ccccc1CC. The fourth-order valence-electron chi connectivity index (χ4n) is 1.81. The summed E-state index contributed by atoms with van der Waals surface area (Å²) in [6.07, 6.45) is 1.07. The van der Waals surface area contributed by atoms with Crippen molar-refractivity contribution in [1.29, 1.82) is 0 Å². The number of aryl methyl sites for hydroxylation is 1. The van der Waals surface area contributed by atoms with Gasteiger partial charge in [-0.15, -0.1) is 0 Å². The molecule has 0 radical (unpaired) electrons. The number of rotatable bonds is 4. The van der Waals surface area contributed by atoms with E-state index in [4.69, 9.17) is 0 Å². The van der Waals surface area contributed by atoms with Crippen LogP contribution in [0.25, 0.3) is 0 Å². The lowest BCUT2D eigenvalue weighted by Gasteiger charge is -2.19. The standard InChI is InChI=1S/C13H19N/c1-5-11-8-6-7-9-12(11)13(14-4)10(2)3/h6-9,13-14H,2,5H2,1,3-4H3. The van der Waals surface area contributed by atoms with E-state index in [9.17, 15) is 0 Å². The van der Waals surface area contributed by atoms with Gasteiger partial charge in [0.2, 0.25) is 0 Å². The zero-order valence-corrected chi connectivity index (χ0v) is 9.30. The molecule has 1 aromatic carbocycles. The maximum Gasteiger partial charge on any atom is 0.0531 e. The number of benzene rings is 1. The lowest BCUT2D eigenvalue weighted by molar-refractivity contribution is 0.672. The molecule has 0 fully saturated rings. The molecule has 0 aromatic heterocycles. The maximum absolute atomic E-state index is 4.02. The second-order valence-corrected chi connectivity index (χ2v) is 3.62. The molecule has 1 unspecified atom stereocenters. The predicted molar refractivity (Wildman–Crippen MR) is 62.4 cm³/mol. The van der Waals surface area contributed by atoms with E-state index < -0.39 is 0 Å². The minimum absolute atomic E-state index is 0.283. The summed E-state index contributed by atoms with van der Waals surface area (Å²) in [6, 6.07) is 8.82. The Kier molecular flexibility index (Phi) is 3.90. The highest BCUT2D eigenvalue weighted by Crippen LogP contribution is 2.23. The summed E-state index contributed by atoms with van der Waals surface area (Å²) < 4.78 is 0. The first-order valence-electron chi connectivity index (χ1n) is 5.11. The van der Waals surface area contributed by atoms with E-state index in [0.29, 0.717) is 0 Å². The van der Waals surface area contributed by atoms with Crippen LogP contribution in [0, 0.1) is 0 Å². The first kappa shape index (κ1) is 11.0. The fourth-order valence-corrected chi connectivity index (χ4v) is 1.81. The second kappa shape index (κ2) is 4.97. The van der Waals surface area contributed by atoms with Crippen molar-refractivity contribution >= 4 is 0 Å². The van der Waals surface area contributed by atoms with Crippen LogP contribution in [0.4, 0.5) is 0 Å². The third-order valence-electron chi connectivity index (χ3n) is 2.53. The van der Waals surface area contributed by atoms with E-state index in [-0.39, 0.29) is 6.04 Å².